The zero-order valence-corrected chi connectivity index (χ0v) is 23.7. The molecule has 3 aliphatic rings. The minimum atomic E-state index is -0.887. The second-order valence-electron chi connectivity index (χ2n) is 11.9. The van der Waals surface area contributed by atoms with Crippen LogP contribution in [0.25, 0.3) is 5.69 Å². The molecular formula is C31H39FN6O2. The number of anilines is 1. The van der Waals surface area contributed by atoms with E-state index >= 15 is 4.39 Å². The van der Waals surface area contributed by atoms with E-state index in [1.807, 2.05) is 42.8 Å². The number of alkyl halides is 1. The maximum Gasteiger partial charge on any atom is 0.306 e. The lowest BCUT2D eigenvalue weighted by molar-refractivity contribution is -0.141. The van der Waals surface area contributed by atoms with Crippen molar-refractivity contribution in [3.8, 4) is 5.69 Å². The predicted octanol–water partition coefficient (Wildman–Crippen LogP) is 4.04. The quantitative estimate of drug-likeness (QED) is 0.428. The summed E-state index contributed by atoms with van der Waals surface area (Å²) in [7, 11) is 1.42. The van der Waals surface area contributed by atoms with Crippen molar-refractivity contribution in [1.29, 1.82) is 0 Å². The predicted molar refractivity (Wildman–Crippen MR) is 153 cm³/mol. The van der Waals surface area contributed by atoms with Gasteiger partial charge in [-0.1, -0.05) is 18.2 Å². The maximum atomic E-state index is 15.5. The Bertz CT molecular complexity index is 1380. The Labute approximate surface area is 235 Å². The molecule has 1 aromatic carbocycles. The van der Waals surface area contributed by atoms with E-state index in [2.05, 4.69) is 38.4 Å². The standard InChI is InChI=1S/C31H39FN6O2/c1-21-12-22(2)38(35-21)27-8-4-6-24(13-27)25(14-29(39)40-3)15-36-17-28(32)31(18-36)19-37(20-31)16-26-10-9-23-7-5-11-33-30(23)34-26/h4,6,8-10,12-13,25,28H,5,7,11,14-20H2,1-3H3,(H,33,34)/t25-,28?/m1/s1. The first kappa shape index (κ1) is 26.9. The van der Waals surface area contributed by atoms with Gasteiger partial charge in [-0.15, -0.1) is 0 Å². The third kappa shape index (κ3) is 5.37. The molecule has 2 saturated heterocycles. The number of aryl methyl sites for hydroxylation is 3. The second-order valence-corrected chi connectivity index (χ2v) is 11.9. The average Bonchev–Trinajstić information content (AvgIpc) is 3.45. The van der Waals surface area contributed by atoms with Gasteiger partial charge in [-0.05, 0) is 62.1 Å². The first-order chi connectivity index (χ1) is 19.3. The van der Waals surface area contributed by atoms with Crippen molar-refractivity contribution < 1.29 is 13.9 Å². The van der Waals surface area contributed by atoms with Gasteiger partial charge >= 0.3 is 5.97 Å². The van der Waals surface area contributed by atoms with Gasteiger partial charge in [0.2, 0.25) is 0 Å². The summed E-state index contributed by atoms with van der Waals surface area (Å²) in [5, 5.41) is 8.02. The third-order valence-corrected chi connectivity index (χ3v) is 8.75. The van der Waals surface area contributed by atoms with E-state index in [1.165, 1.54) is 12.7 Å². The molecule has 1 unspecified atom stereocenters. The molecule has 0 bridgehead atoms. The van der Waals surface area contributed by atoms with E-state index < -0.39 is 6.17 Å². The molecule has 212 valence electrons. The van der Waals surface area contributed by atoms with Crippen LogP contribution in [0.5, 0.6) is 0 Å². The van der Waals surface area contributed by atoms with Gasteiger partial charge in [0.25, 0.3) is 0 Å². The smallest absolute Gasteiger partial charge is 0.306 e. The van der Waals surface area contributed by atoms with Crippen molar-refractivity contribution in [3.63, 3.8) is 0 Å². The van der Waals surface area contributed by atoms with Crippen molar-refractivity contribution in [2.24, 2.45) is 5.41 Å². The second kappa shape index (κ2) is 10.9. The normalized spacial score (nSPS) is 21.1. The zero-order valence-electron chi connectivity index (χ0n) is 23.7. The number of aromatic nitrogens is 3. The minimum absolute atomic E-state index is 0.102. The van der Waals surface area contributed by atoms with Crippen molar-refractivity contribution in [2.75, 3.05) is 51.7 Å². The van der Waals surface area contributed by atoms with E-state index in [9.17, 15) is 4.79 Å². The molecule has 8 nitrogen and oxygen atoms in total. The molecule has 40 heavy (non-hydrogen) atoms. The number of rotatable bonds is 8. The summed E-state index contributed by atoms with van der Waals surface area (Å²) in [4.78, 5) is 21.7. The Hall–Kier alpha value is -3.30. The molecule has 9 heteroatoms. The van der Waals surface area contributed by atoms with Crippen LogP contribution < -0.4 is 5.32 Å². The molecule has 0 aliphatic carbocycles. The first-order valence-electron chi connectivity index (χ1n) is 14.3. The summed E-state index contributed by atoms with van der Waals surface area (Å²) in [5.74, 6) is 0.650. The van der Waals surface area contributed by atoms with Gasteiger partial charge in [-0.2, -0.15) is 5.10 Å². The highest BCUT2D eigenvalue weighted by atomic mass is 19.1. The highest BCUT2D eigenvalue weighted by Gasteiger charge is 2.54. The molecule has 3 aliphatic heterocycles. The number of carbonyl (C=O) groups excluding carboxylic acids is 1. The number of nitrogens with zero attached hydrogens (tertiary/aromatic N) is 5. The van der Waals surface area contributed by atoms with E-state index in [4.69, 9.17) is 9.72 Å². The van der Waals surface area contributed by atoms with Crippen LogP contribution in [0.2, 0.25) is 0 Å². The Balaban J connectivity index is 1.12. The average molecular weight is 547 g/mol. The third-order valence-electron chi connectivity index (χ3n) is 8.75. The fourth-order valence-corrected chi connectivity index (χ4v) is 6.79. The van der Waals surface area contributed by atoms with Crippen molar-refractivity contribution in [3.05, 3.63) is 70.7 Å². The number of hydrogen-bond acceptors (Lipinski definition) is 7. The van der Waals surface area contributed by atoms with Gasteiger partial charge in [0, 0.05) is 62.8 Å². The largest absolute Gasteiger partial charge is 0.469 e. The lowest BCUT2D eigenvalue weighted by Crippen LogP contribution is -2.60. The number of methoxy groups -OCH3 is 1. The van der Waals surface area contributed by atoms with Gasteiger partial charge in [0.05, 0.1) is 30.6 Å². The van der Waals surface area contributed by atoms with Crippen LogP contribution in [0.3, 0.4) is 0 Å². The lowest BCUT2D eigenvalue weighted by atomic mass is 9.77. The molecule has 3 aromatic rings. The molecule has 0 radical (unpaired) electrons. The summed E-state index contributed by atoms with van der Waals surface area (Å²) in [6, 6.07) is 14.5. The summed E-state index contributed by atoms with van der Waals surface area (Å²) in [6.45, 7) is 8.87. The van der Waals surface area contributed by atoms with Crippen LogP contribution in [0.4, 0.5) is 10.2 Å². The monoisotopic (exact) mass is 546 g/mol. The topological polar surface area (TPSA) is 75.5 Å². The molecule has 2 atom stereocenters. The van der Waals surface area contributed by atoms with E-state index in [-0.39, 0.29) is 23.7 Å². The number of carbonyl (C=O) groups is 1. The summed E-state index contributed by atoms with van der Waals surface area (Å²) in [5.41, 5.74) is 5.97. The Morgan fingerprint density at radius 2 is 2.00 bits per heavy atom. The van der Waals surface area contributed by atoms with Crippen LogP contribution in [0, 0.1) is 19.3 Å². The number of fused-ring (bicyclic) bond motifs is 1. The molecule has 2 fully saturated rings. The summed E-state index contributed by atoms with van der Waals surface area (Å²) in [6.07, 6.45) is 1.58. The molecule has 5 heterocycles. The van der Waals surface area contributed by atoms with Crippen molar-refractivity contribution >= 4 is 11.8 Å². The number of ether oxygens (including phenoxy) is 1. The molecule has 0 amide bonds. The fraction of sp³-hybridized carbons (Fsp3) is 0.516. The molecule has 2 aromatic heterocycles. The number of pyridine rings is 1. The minimum Gasteiger partial charge on any atom is -0.469 e. The van der Waals surface area contributed by atoms with Gasteiger partial charge in [0.15, 0.2) is 0 Å². The first-order valence-corrected chi connectivity index (χ1v) is 14.3. The van der Waals surface area contributed by atoms with Crippen LogP contribution in [0.15, 0.2) is 42.5 Å². The molecule has 0 saturated carbocycles. The number of esters is 1. The maximum absolute atomic E-state index is 15.5. The summed E-state index contributed by atoms with van der Waals surface area (Å²) < 4.78 is 22.5. The van der Waals surface area contributed by atoms with E-state index in [0.29, 0.717) is 19.6 Å². The fourth-order valence-electron chi connectivity index (χ4n) is 6.79. The lowest BCUT2D eigenvalue weighted by Gasteiger charge is -2.49. The summed E-state index contributed by atoms with van der Waals surface area (Å²) >= 11 is 0. The number of hydrogen-bond donors (Lipinski definition) is 1. The Kier molecular flexibility index (Phi) is 7.35. The number of likely N-dealkylation sites (tertiary alicyclic amines) is 2. The molecular weight excluding hydrogens is 507 g/mol. The van der Waals surface area contributed by atoms with Gasteiger partial charge in [-0.25, -0.2) is 14.1 Å². The van der Waals surface area contributed by atoms with Crippen molar-refractivity contribution in [2.45, 2.75) is 51.7 Å². The number of benzene rings is 1. The van der Waals surface area contributed by atoms with Gasteiger partial charge in [0.1, 0.15) is 12.0 Å². The number of nitrogens with one attached hydrogen (secondary N) is 1. The van der Waals surface area contributed by atoms with Crippen molar-refractivity contribution in [1.82, 2.24) is 24.6 Å². The van der Waals surface area contributed by atoms with Crippen LogP contribution in [-0.2, 0) is 22.5 Å². The highest BCUT2D eigenvalue weighted by molar-refractivity contribution is 5.70. The molecule has 1 N–H and O–H groups in total. The number of halogens is 1. The van der Waals surface area contributed by atoms with E-state index in [0.717, 1.165) is 73.2 Å². The van der Waals surface area contributed by atoms with E-state index in [1.54, 1.807) is 0 Å². The SMILES string of the molecule is COC(=O)C[C@H](CN1CC(F)C2(C1)CN(Cc1ccc3c(n1)NCCC3)C2)c1cccc(-n2nc(C)cc2C)c1. The van der Waals surface area contributed by atoms with Crippen LogP contribution in [-0.4, -0.2) is 83.1 Å². The zero-order chi connectivity index (χ0) is 27.9. The highest BCUT2D eigenvalue weighted by Crippen LogP contribution is 2.43. The molecule has 6 rings (SSSR count). The Morgan fingerprint density at radius 3 is 2.77 bits per heavy atom. The molecule has 1 spiro atoms. The van der Waals surface area contributed by atoms with Crippen LogP contribution in [0.1, 0.15) is 47.0 Å². The van der Waals surface area contributed by atoms with Crippen LogP contribution >= 0.6 is 0 Å². The van der Waals surface area contributed by atoms with Gasteiger partial charge < -0.3 is 10.1 Å². The Morgan fingerprint density at radius 1 is 1.18 bits per heavy atom. The van der Waals surface area contributed by atoms with Gasteiger partial charge in [-0.3, -0.25) is 14.6 Å².